The Kier molecular flexibility index (Phi) is 9.63. The summed E-state index contributed by atoms with van der Waals surface area (Å²) in [5, 5.41) is 9.67. The molecule has 6 rings (SSSR count). The molecule has 10 nitrogen and oxygen atoms in total. The lowest BCUT2D eigenvalue weighted by Gasteiger charge is -2.30. The van der Waals surface area contributed by atoms with Gasteiger partial charge in [-0.15, -0.1) is 0 Å². The minimum atomic E-state index is -1.03. The van der Waals surface area contributed by atoms with E-state index in [9.17, 15) is 22.8 Å². The van der Waals surface area contributed by atoms with E-state index in [0.29, 0.717) is 34.0 Å². The molecule has 0 unspecified atom stereocenters. The van der Waals surface area contributed by atoms with Gasteiger partial charge in [0.05, 0.1) is 30.6 Å². The molecule has 3 N–H and O–H groups in total. The van der Waals surface area contributed by atoms with E-state index in [1.54, 1.807) is 36.5 Å². The summed E-state index contributed by atoms with van der Waals surface area (Å²) >= 11 is 0. The SMILES string of the molecule is CN1CCC(Nc2ccc(Nc3ncc4cc(C#CCNC(=O)c5cncn(Cc6ccc(F)c(F)c6)c5=O)ccc4n3)cc2F)CC1. The second-order valence-electron chi connectivity index (χ2n) is 11.5. The van der Waals surface area contributed by atoms with Crippen LogP contribution in [0.25, 0.3) is 10.9 Å². The van der Waals surface area contributed by atoms with E-state index < -0.39 is 23.1 Å². The predicted molar refractivity (Wildman–Crippen MR) is 177 cm³/mol. The number of amides is 1. The number of piperidine rings is 1. The van der Waals surface area contributed by atoms with Crippen LogP contribution in [0.2, 0.25) is 0 Å². The van der Waals surface area contributed by atoms with Crippen molar-refractivity contribution >= 4 is 34.1 Å². The molecule has 5 aromatic rings. The molecule has 0 aliphatic carbocycles. The van der Waals surface area contributed by atoms with Gasteiger partial charge in [-0.2, -0.15) is 0 Å². The van der Waals surface area contributed by atoms with Crippen molar-refractivity contribution in [3.8, 4) is 11.8 Å². The first-order valence-corrected chi connectivity index (χ1v) is 15.3. The third-order valence-electron chi connectivity index (χ3n) is 7.94. The van der Waals surface area contributed by atoms with Crippen molar-refractivity contribution in [1.82, 2.24) is 29.7 Å². The van der Waals surface area contributed by atoms with Crippen LogP contribution in [-0.4, -0.2) is 63.0 Å². The number of nitrogens with one attached hydrogen (secondary N) is 3. The van der Waals surface area contributed by atoms with Crippen LogP contribution in [-0.2, 0) is 6.54 Å². The monoisotopic (exact) mass is 652 g/mol. The van der Waals surface area contributed by atoms with Crippen molar-refractivity contribution in [3.05, 3.63) is 118 Å². The van der Waals surface area contributed by atoms with Gasteiger partial charge in [-0.25, -0.2) is 28.1 Å². The molecule has 0 saturated carbocycles. The Morgan fingerprint density at radius 3 is 2.60 bits per heavy atom. The smallest absolute Gasteiger partial charge is 0.266 e. The van der Waals surface area contributed by atoms with Gasteiger partial charge in [0.25, 0.3) is 11.5 Å². The second kappa shape index (κ2) is 14.4. The highest BCUT2D eigenvalue weighted by Crippen LogP contribution is 2.24. The zero-order chi connectivity index (χ0) is 33.6. The third kappa shape index (κ3) is 7.79. The summed E-state index contributed by atoms with van der Waals surface area (Å²) in [7, 11) is 2.09. The maximum absolute atomic E-state index is 14.8. The quantitative estimate of drug-likeness (QED) is 0.207. The Morgan fingerprint density at radius 2 is 1.81 bits per heavy atom. The molecule has 0 radical (unpaired) electrons. The summed E-state index contributed by atoms with van der Waals surface area (Å²) in [6.07, 6.45) is 5.92. The lowest BCUT2D eigenvalue weighted by Crippen LogP contribution is -2.36. The minimum Gasteiger partial charge on any atom is -0.380 e. The first kappa shape index (κ1) is 32.2. The van der Waals surface area contributed by atoms with E-state index in [4.69, 9.17) is 0 Å². The summed E-state index contributed by atoms with van der Waals surface area (Å²) in [5.74, 6) is 3.07. The van der Waals surface area contributed by atoms with Crippen LogP contribution < -0.4 is 21.5 Å². The number of likely N-dealkylation sites (tertiary alicyclic amines) is 1. The predicted octanol–water partition coefficient (Wildman–Crippen LogP) is 4.68. The van der Waals surface area contributed by atoms with Crippen molar-refractivity contribution < 1.29 is 18.0 Å². The van der Waals surface area contributed by atoms with Gasteiger partial charge < -0.3 is 20.9 Å². The molecule has 48 heavy (non-hydrogen) atoms. The molecule has 3 heterocycles. The molecule has 1 fully saturated rings. The summed E-state index contributed by atoms with van der Waals surface area (Å²) < 4.78 is 42.8. The van der Waals surface area contributed by atoms with Crippen molar-refractivity contribution in [2.24, 2.45) is 0 Å². The molecule has 244 valence electrons. The van der Waals surface area contributed by atoms with E-state index in [0.717, 1.165) is 54.2 Å². The van der Waals surface area contributed by atoms with Gasteiger partial charge in [0.15, 0.2) is 11.6 Å². The van der Waals surface area contributed by atoms with Crippen molar-refractivity contribution in [2.75, 3.05) is 37.3 Å². The average molecular weight is 653 g/mol. The number of halogens is 3. The number of rotatable bonds is 8. The van der Waals surface area contributed by atoms with E-state index in [-0.39, 0.29) is 30.5 Å². The molecule has 1 amide bonds. The molecule has 0 bridgehead atoms. The molecule has 0 atom stereocenters. The fraction of sp³-hybridized carbons (Fsp3) is 0.229. The first-order chi connectivity index (χ1) is 23.2. The fourth-order valence-corrected chi connectivity index (χ4v) is 5.30. The van der Waals surface area contributed by atoms with Crippen molar-refractivity contribution in [3.63, 3.8) is 0 Å². The van der Waals surface area contributed by atoms with Gasteiger partial charge in [0, 0.05) is 35.1 Å². The molecule has 1 saturated heterocycles. The number of anilines is 3. The van der Waals surface area contributed by atoms with Gasteiger partial charge in [0.1, 0.15) is 11.4 Å². The molecule has 3 aromatic carbocycles. The Morgan fingerprint density at radius 1 is 0.979 bits per heavy atom. The first-order valence-electron chi connectivity index (χ1n) is 15.3. The summed E-state index contributed by atoms with van der Waals surface area (Å²) in [4.78, 5) is 40.5. The number of carbonyl (C=O) groups is 1. The minimum absolute atomic E-state index is 0.0450. The van der Waals surface area contributed by atoms with Gasteiger partial charge >= 0.3 is 0 Å². The maximum Gasteiger partial charge on any atom is 0.266 e. The molecule has 13 heteroatoms. The standard InChI is InChI=1S/C35H31F3N8O2/c1-45-13-10-25(11-14-45)42-32-9-6-26(17-30(32)38)43-35-41-18-24-15-22(5-8-31(24)44-35)3-2-12-40-33(47)27-19-39-21-46(34(27)48)20-23-4-7-28(36)29(37)16-23/h4-9,15-19,21,25,42H,10-14,20H2,1H3,(H,40,47)(H,41,43,44). The number of fused-ring (bicyclic) bond motifs is 1. The normalized spacial score (nSPS) is 13.5. The summed E-state index contributed by atoms with van der Waals surface area (Å²) in [5.41, 5.74) is 1.81. The molecular weight excluding hydrogens is 621 g/mol. The van der Waals surface area contributed by atoms with Crippen molar-refractivity contribution in [1.29, 1.82) is 0 Å². The second-order valence-corrected chi connectivity index (χ2v) is 11.5. The van der Waals surface area contributed by atoms with Crippen LogP contribution >= 0.6 is 0 Å². The van der Waals surface area contributed by atoms with Gasteiger partial charge in [-0.05, 0) is 87.1 Å². The van der Waals surface area contributed by atoms with Gasteiger partial charge in [-0.1, -0.05) is 17.9 Å². The van der Waals surface area contributed by atoms with E-state index in [2.05, 4.69) is 54.7 Å². The number of hydrogen-bond donors (Lipinski definition) is 3. The molecular formula is C35H31F3N8O2. The van der Waals surface area contributed by atoms with Crippen LogP contribution in [0, 0.1) is 29.3 Å². The summed E-state index contributed by atoms with van der Waals surface area (Å²) in [6.45, 7) is 1.83. The van der Waals surface area contributed by atoms with E-state index in [1.165, 1.54) is 18.5 Å². The summed E-state index contributed by atoms with van der Waals surface area (Å²) in [6, 6.07) is 13.8. The van der Waals surface area contributed by atoms with Crippen LogP contribution in [0.4, 0.5) is 30.5 Å². The number of carbonyl (C=O) groups excluding carboxylic acids is 1. The van der Waals surface area contributed by atoms with Crippen LogP contribution in [0.3, 0.4) is 0 Å². The van der Waals surface area contributed by atoms with Crippen LogP contribution in [0.15, 0.2) is 78.1 Å². The molecule has 1 aliphatic rings. The number of hydrogen-bond acceptors (Lipinski definition) is 8. The lowest BCUT2D eigenvalue weighted by atomic mass is 10.1. The van der Waals surface area contributed by atoms with Crippen LogP contribution in [0.1, 0.15) is 34.3 Å². The number of aromatic nitrogens is 4. The Bertz CT molecular complexity index is 2100. The Hall–Kier alpha value is -5.74. The maximum atomic E-state index is 14.8. The van der Waals surface area contributed by atoms with Crippen molar-refractivity contribution in [2.45, 2.75) is 25.4 Å². The molecule has 2 aromatic heterocycles. The number of benzene rings is 3. The Labute approximate surface area is 274 Å². The molecule has 0 spiro atoms. The zero-order valence-corrected chi connectivity index (χ0v) is 25.9. The highest BCUT2D eigenvalue weighted by atomic mass is 19.2. The molecule has 1 aliphatic heterocycles. The lowest BCUT2D eigenvalue weighted by molar-refractivity contribution is 0.0956. The highest BCUT2D eigenvalue weighted by Gasteiger charge is 2.18. The topological polar surface area (TPSA) is 117 Å². The van der Waals surface area contributed by atoms with Gasteiger partial charge in [-0.3, -0.25) is 14.2 Å². The third-order valence-corrected chi connectivity index (χ3v) is 7.94. The largest absolute Gasteiger partial charge is 0.380 e. The number of nitrogens with zero attached hydrogens (tertiary/aromatic N) is 5. The fourth-order valence-electron chi connectivity index (χ4n) is 5.30. The highest BCUT2D eigenvalue weighted by molar-refractivity contribution is 5.93. The van der Waals surface area contributed by atoms with Gasteiger partial charge in [0.2, 0.25) is 5.95 Å². The van der Waals surface area contributed by atoms with E-state index in [1.807, 2.05) is 0 Å². The van der Waals surface area contributed by atoms with Crippen LogP contribution in [0.5, 0.6) is 0 Å². The Balaban J connectivity index is 1.04. The van der Waals surface area contributed by atoms with E-state index >= 15 is 0 Å². The average Bonchev–Trinajstić information content (AvgIpc) is 3.08. The zero-order valence-electron chi connectivity index (χ0n) is 25.9.